The lowest BCUT2D eigenvalue weighted by Crippen LogP contribution is -2.20. The van der Waals surface area contributed by atoms with Crippen LogP contribution in [0.15, 0.2) is 30.3 Å². The Morgan fingerprint density at radius 3 is 2.37 bits per heavy atom. The zero-order chi connectivity index (χ0) is 19.4. The molecule has 3 nitrogen and oxygen atoms in total. The Bertz CT molecular complexity index is 786. The molecule has 0 heterocycles. The molecular weight excluding hydrogens is 357 g/mol. The molecule has 1 fully saturated rings. The smallest absolute Gasteiger partial charge is 0.200 e. The molecule has 2 aromatic carbocycles. The highest BCUT2D eigenvalue weighted by Gasteiger charge is 2.25. The van der Waals surface area contributed by atoms with Gasteiger partial charge in [-0.1, -0.05) is 6.07 Å². The third-order valence-corrected chi connectivity index (χ3v) is 5.27. The van der Waals surface area contributed by atoms with Gasteiger partial charge >= 0.3 is 0 Å². The number of halogens is 3. The maximum atomic E-state index is 14.2. The van der Waals surface area contributed by atoms with Gasteiger partial charge < -0.3 is 14.6 Å². The minimum atomic E-state index is -1.08. The number of hydrogen-bond donors (Lipinski definition) is 1. The van der Waals surface area contributed by atoms with Crippen LogP contribution in [0.3, 0.4) is 0 Å². The first kappa shape index (κ1) is 19.5. The summed E-state index contributed by atoms with van der Waals surface area (Å²) < 4.78 is 52.4. The van der Waals surface area contributed by atoms with Crippen molar-refractivity contribution in [3.05, 3.63) is 58.9 Å². The molecule has 1 aliphatic carbocycles. The van der Waals surface area contributed by atoms with Crippen LogP contribution in [0.1, 0.15) is 42.7 Å². The van der Waals surface area contributed by atoms with Gasteiger partial charge in [-0.15, -0.1) is 0 Å². The summed E-state index contributed by atoms with van der Waals surface area (Å²) in [5, 5.41) is 8.95. The van der Waals surface area contributed by atoms with E-state index in [0.717, 1.165) is 25.7 Å². The van der Waals surface area contributed by atoms with Gasteiger partial charge in [0.1, 0.15) is 11.6 Å². The van der Waals surface area contributed by atoms with Crippen LogP contribution < -0.4 is 9.47 Å². The summed E-state index contributed by atoms with van der Waals surface area (Å²) in [4.78, 5) is 0. The molecule has 2 aromatic rings. The van der Waals surface area contributed by atoms with Crippen molar-refractivity contribution in [3.8, 4) is 11.5 Å². The van der Waals surface area contributed by atoms with E-state index < -0.39 is 18.2 Å². The molecule has 1 aliphatic rings. The fourth-order valence-electron chi connectivity index (χ4n) is 3.62. The van der Waals surface area contributed by atoms with E-state index in [1.165, 1.54) is 25.3 Å². The highest BCUT2D eigenvalue weighted by Crippen LogP contribution is 2.38. The van der Waals surface area contributed by atoms with Gasteiger partial charge in [0.2, 0.25) is 5.82 Å². The molecule has 0 saturated heterocycles. The van der Waals surface area contributed by atoms with E-state index in [4.69, 9.17) is 14.6 Å². The zero-order valence-corrected chi connectivity index (χ0v) is 15.2. The van der Waals surface area contributed by atoms with E-state index in [9.17, 15) is 13.2 Å². The summed E-state index contributed by atoms with van der Waals surface area (Å²) in [5.74, 6) is -1.69. The van der Waals surface area contributed by atoms with Crippen LogP contribution in [0.2, 0.25) is 0 Å². The summed E-state index contributed by atoms with van der Waals surface area (Å²) in [6, 6.07) is 7.59. The van der Waals surface area contributed by atoms with E-state index in [0.29, 0.717) is 11.3 Å². The Morgan fingerprint density at radius 2 is 1.74 bits per heavy atom. The summed E-state index contributed by atoms with van der Waals surface area (Å²) >= 11 is 0. The van der Waals surface area contributed by atoms with Gasteiger partial charge in [0.15, 0.2) is 11.6 Å². The van der Waals surface area contributed by atoms with E-state index in [1.54, 1.807) is 12.1 Å². The molecule has 0 bridgehead atoms. The minimum absolute atomic E-state index is 0.0955. The minimum Gasteiger partial charge on any atom is -0.497 e. The molecule has 0 unspecified atom stereocenters. The van der Waals surface area contributed by atoms with Gasteiger partial charge in [0, 0.05) is 11.6 Å². The third kappa shape index (κ3) is 4.38. The van der Waals surface area contributed by atoms with Crippen LogP contribution in [0.25, 0.3) is 0 Å². The van der Waals surface area contributed by atoms with E-state index in [-0.39, 0.29) is 35.6 Å². The molecule has 27 heavy (non-hydrogen) atoms. The SMILES string of the molecule is COc1ccc(C2CCC(COc3ccc(CO)c(F)c3F)CC2)c(F)c1. The lowest BCUT2D eigenvalue weighted by molar-refractivity contribution is 0.191. The van der Waals surface area contributed by atoms with E-state index in [1.807, 2.05) is 0 Å². The molecule has 1 saturated carbocycles. The number of aliphatic hydroxyl groups excluding tert-OH is 1. The second-order valence-electron chi connectivity index (χ2n) is 6.92. The summed E-state index contributed by atoms with van der Waals surface area (Å²) in [6.07, 6.45) is 3.29. The van der Waals surface area contributed by atoms with Crippen LogP contribution in [-0.4, -0.2) is 18.8 Å². The number of ether oxygens (including phenoxy) is 2. The standard InChI is InChI=1S/C21H23F3O3/c1-26-16-7-8-17(18(22)10-16)14-4-2-13(3-5-14)12-27-19-9-6-15(11-25)20(23)21(19)24/h6-10,13-14,25H,2-5,11-12H2,1H3. The van der Waals surface area contributed by atoms with Crippen molar-refractivity contribution in [3.63, 3.8) is 0 Å². The Labute approximate surface area is 156 Å². The molecule has 0 radical (unpaired) electrons. The lowest BCUT2D eigenvalue weighted by Gasteiger charge is -2.29. The second-order valence-corrected chi connectivity index (χ2v) is 6.92. The number of aliphatic hydroxyl groups is 1. The van der Waals surface area contributed by atoms with Crippen molar-refractivity contribution in [2.75, 3.05) is 13.7 Å². The Kier molecular flexibility index (Phi) is 6.26. The van der Waals surface area contributed by atoms with Gasteiger partial charge in [-0.3, -0.25) is 0 Å². The number of rotatable bonds is 6. The van der Waals surface area contributed by atoms with Gasteiger partial charge in [0.25, 0.3) is 0 Å². The average molecular weight is 380 g/mol. The van der Waals surface area contributed by atoms with Crippen LogP contribution in [0.4, 0.5) is 13.2 Å². The van der Waals surface area contributed by atoms with E-state index >= 15 is 0 Å². The molecule has 146 valence electrons. The van der Waals surface area contributed by atoms with Gasteiger partial charge in [-0.25, -0.2) is 8.78 Å². The summed E-state index contributed by atoms with van der Waals surface area (Å²) in [6.45, 7) is -0.276. The lowest BCUT2D eigenvalue weighted by atomic mass is 9.79. The van der Waals surface area contributed by atoms with Crippen molar-refractivity contribution < 1.29 is 27.8 Å². The highest BCUT2D eigenvalue weighted by molar-refractivity contribution is 5.32. The molecule has 3 rings (SSSR count). The Balaban J connectivity index is 1.55. The Morgan fingerprint density at radius 1 is 1.00 bits per heavy atom. The van der Waals surface area contributed by atoms with Crippen LogP contribution in [0.5, 0.6) is 11.5 Å². The van der Waals surface area contributed by atoms with Gasteiger partial charge in [0.05, 0.1) is 20.3 Å². The molecule has 0 aromatic heterocycles. The normalized spacial score (nSPS) is 19.7. The second kappa shape index (κ2) is 8.65. The van der Waals surface area contributed by atoms with Crippen molar-refractivity contribution >= 4 is 0 Å². The average Bonchev–Trinajstić information content (AvgIpc) is 2.69. The molecule has 0 atom stereocenters. The van der Waals surface area contributed by atoms with Crippen molar-refractivity contribution in [1.82, 2.24) is 0 Å². The first-order valence-corrected chi connectivity index (χ1v) is 9.07. The largest absolute Gasteiger partial charge is 0.497 e. The molecule has 0 spiro atoms. The quantitative estimate of drug-likeness (QED) is 0.770. The Hall–Kier alpha value is -2.21. The van der Waals surface area contributed by atoms with Crippen molar-refractivity contribution in [2.24, 2.45) is 5.92 Å². The monoisotopic (exact) mass is 380 g/mol. The molecule has 0 aliphatic heterocycles. The van der Waals surface area contributed by atoms with E-state index in [2.05, 4.69) is 0 Å². The third-order valence-electron chi connectivity index (χ3n) is 5.27. The van der Waals surface area contributed by atoms with Gasteiger partial charge in [-0.2, -0.15) is 4.39 Å². The molecule has 1 N–H and O–H groups in total. The summed E-state index contributed by atoms with van der Waals surface area (Å²) in [7, 11) is 1.51. The zero-order valence-electron chi connectivity index (χ0n) is 15.2. The predicted octanol–water partition coefficient (Wildman–Crippen LogP) is 4.96. The fraction of sp³-hybridized carbons (Fsp3) is 0.429. The number of benzene rings is 2. The highest BCUT2D eigenvalue weighted by atomic mass is 19.2. The predicted molar refractivity (Wildman–Crippen MR) is 95.4 cm³/mol. The van der Waals surface area contributed by atoms with Crippen molar-refractivity contribution in [1.29, 1.82) is 0 Å². The number of methoxy groups -OCH3 is 1. The van der Waals surface area contributed by atoms with Crippen molar-refractivity contribution in [2.45, 2.75) is 38.2 Å². The van der Waals surface area contributed by atoms with Crippen LogP contribution in [0, 0.1) is 23.4 Å². The van der Waals surface area contributed by atoms with Crippen LogP contribution in [-0.2, 0) is 6.61 Å². The number of hydrogen-bond acceptors (Lipinski definition) is 3. The summed E-state index contributed by atoms with van der Waals surface area (Å²) in [5.41, 5.74) is 0.602. The first-order chi connectivity index (χ1) is 13.0. The fourth-order valence-corrected chi connectivity index (χ4v) is 3.62. The topological polar surface area (TPSA) is 38.7 Å². The molecule has 0 amide bonds. The van der Waals surface area contributed by atoms with Gasteiger partial charge in [-0.05, 0) is 61.3 Å². The van der Waals surface area contributed by atoms with Crippen LogP contribution >= 0.6 is 0 Å². The maximum absolute atomic E-state index is 14.2. The molecule has 6 heteroatoms. The maximum Gasteiger partial charge on any atom is 0.200 e. The molecular formula is C21H23F3O3. The first-order valence-electron chi connectivity index (χ1n) is 9.07.